The lowest BCUT2D eigenvalue weighted by Crippen LogP contribution is -2.27. The predicted octanol–water partition coefficient (Wildman–Crippen LogP) is 2.82. The van der Waals surface area contributed by atoms with Gasteiger partial charge in [-0.2, -0.15) is 0 Å². The highest BCUT2D eigenvalue weighted by Gasteiger charge is 2.22. The minimum atomic E-state index is -0.510. The van der Waals surface area contributed by atoms with Gasteiger partial charge < -0.3 is 16.8 Å². The highest BCUT2D eigenvalue weighted by molar-refractivity contribution is 7.10. The summed E-state index contributed by atoms with van der Waals surface area (Å²) in [6.45, 7) is 5.06. The molecule has 0 unspecified atom stereocenters. The molecule has 20 heavy (non-hydrogen) atoms. The molecule has 0 aliphatic carbocycles. The largest absolute Gasteiger partial charge is 0.396 e. The summed E-state index contributed by atoms with van der Waals surface area (Å²) >= 11 is 1.73. The van der Waals surface area contributed by atoms with Crippen molar-refractivity contribution in [2.24, 2.45) is 5.73 Å². The number of nitrogens with two attached hydrogens (primary N) is 2. The molecule has 2 rings (SSSR count). The second kappa shape index (κ2) is 5.54. The van der Waals surface area contributed by atoms with Crippen LogP contribution in [0, 0.1) is 0 Å². The topological polar surface area (TPSA) is 81.1 Å². The van der Waals surface area contributed by atoms with Crippen LogP contribution < -0.4 is 16.8 Å². The first-order chi connectivity index (χ1) is 9.42. The number of nitrogens with one attached hydrogen (secondary N) is 1. The zero-order chi connectivity index (χ0) is 14.8. The molecule has 0 saturated heterocycles. The second-order valence-corrected chi connectivity index (χ2v) is 6.29. The zero-order valence-corrected chi connectivity index (χ0v) is 12.5. The molecule has 0 bridgehead atoms. The summed E-state index contributed by atoms with van der Waals surface area (Å²) in [6.07, 6.45) is 0. The minimum absolute atomic E-state index is 0.0106. The van der Waals surface area contributed by atoms with Crippen molar-refractivity contribution in [2.75, 3.05) is 17.6 Å². The maximum absolute atomic E-state index is 11.3. The van der Waals surface area contributed by atoms with Gasteiger partial charge in [0.1, 0.15) is 0 Å². The molecule has 5 N–H and O–H groups in total. The molecule has 2 aromatic rings. The van der Waals surface area contributed by atoms with E-state index in [4.69, 9.17) is 11.5 Å². The first kappa shape index (κ1) is 14.4. The molecule has 5 heteroatoms. The summed E-state index contributed by atoms with van der Waals surface area (Å²) in [4.78, 5) is 12.6. The number of primary amides is 1. The molecule has 0 aliphatic rings. The summed E-state index contributed by atoms with van der Waals surface area (Å²) in [5, 5.41) is 5.38. The van der Waals surface area contributed by atoms with Gasteiger partial charge in [0.25, 0.3) is 5.91 Å². The molecule has 0 saturated carbocycles. The Morgan fingerprint density at radius 3 is 2.65 bits per heavy atom. The van der Waals surface area contributed by atoms with E-state index in [-0.39, 0.29) is 5.41 Å². The fourth-order valence-corrected chi connectivity index (χ4v) is 2.85. The molecule has 1 amide bonds. The minimum Gasteiger partial charge on any atom is -0.396 e. The molecule has 1 heterocycles. The van der Waals surface area contributed by atoms with E-state index in [1.807, 2.05) is 12.1 Å². The Labute approximate surface area is 122 Å². The van der Waals surface area contributed by atoms with E-state index in [9.17, 15) is 4.79 Å². The van der Waals surface area contributed by atoms with Gasteiger partial charge in [-0.3, -0.25) is 4.79 Å². The van der Waals surface area contributed by atoms with E-state index >= 15 is 0 Å². The van der Waals surface area contributed by atoms with Crippen LogP contribution in [0.1, 0.15) is 29.1 Å². The summed E-state index contributed by atoms with van der Waals surface area (Å²) in [5.74, 6) is -0.510. The van der Waals surface area contributed by atoms with Gasteiger partial charge in [-0.15, -0.1) is 11.3 Å². The third-order valence-electron chi connectivity index (χ3n) is 3.28. The van der Waals surface area contributed by atoms with Gasteiger partial charge >= 0.3 is 0 Å². The van der Waals surface area contributed by atoms with Gasteiger partial charge in [0.05, 0.1) is 16.9 Å². The third kappa shape index (κ3) is 2.93. The molecule has 0 spiro atoms. The maximum Gasteiger partial charge on any atom is 0.250 e. The quantitative estimate of drug-likeness (QED) is 0.740. The van der Waals surface area contributed by atoms with Gasteiger partial charge in [0.15, 0.2) is 0 Å². The molecule has 0 aliphatic heterocycles. The number of anilines is 2. The SMILES string of the molecule is CC(C)(CNc1cccc(C(N)=O)c1N)c1cccs1. The predicted molar refractivity (Wildman–Crippen MR) is 85.2 cm³/mol. The Bertz CT molecular complexity index is 606. The lowest BCUT2D eigenvalue weighted by atomic mass is 9.91. The van der Waals surface area contributed by atoms with Crippen LogP contribution >= 0.6 is 11.3 Å². The van der Waals surface area contributed by atoms with E-state index in [1.54, 1.807) is 23.5 Å². The van der Waals surface area contributed by atoms with E-state index in [1.165, 1.54) is 4.88 Å². The number of carbonyl (C=O) groups is 1. The molecule has 0 radical (unpaired) electrons. The first-order valence-corrected chi connectivity index (χ1v) is 7.26. The van der Waals surface area contributed by atoms with Crippen LogP contribution in [0.3, 0.4) is 0 Å². The average Bonchev–Trinajstić information content (AvgIpc) is 2.92. The van der Waals surface area contributed by atoms with E-state index in [2.05, 4.69) is 30.6 Å². The fraction of sp³-hybridized carbons (Fsp3) is 0.267. The van der Waals surface area contributed by atoms with Crippen molar-refractivity contribution in [1.29, 1.82) is 0 Å². The fourth-order valence-electron chi connectivity index (χ4n) is 2.00. The van der Waals surface area contributed by atoms with Gasteiger partial charge in [-0.25, -0.2) is 0 Å². The summed E-state index contributed by atoms with van der Waals surface area (Å²) < 4.78 is 0. The number of thiophene rings is 1. The van der Waals surface area contributed by atoms with Crippen molar-refractivity contribution in [1.82, 2.24) is 0 Å². The van der Waals surface area contributed by atoms with Crippen LogP contribution in [-0.2, 0) is 5.41 Å². The van der Waals surface area contributed by atoms with Crippen molar-refractivity contribution >= 4 is 28.6 Å². The number of benzene rings is 1. The molecule has 0 fully saturated rings. The lowest BCUT2D eigenvalue weighted by molar-refractivity contribution is 0.100. The van der Waals surface area contributed by atoms with Crippen molar-refractivity contribution in [3.63, 3.8) is 0 Å². The Balaban J connectivity index is 2.16. The number of para-hydroxylation sites is 1. The molecular weight excluding hydrogens is 270 g/mol. The molecule has 0 atom stereocenters. The number of hydrogen-bond donors (Lipinski definition) is 3. The van der Waals surface area contributed by atoms with E-state index in [0.717, 1.165) is 12.2 Å². The number of hydrogen-bond acceptors (Lipinski definition) is 4. The monoisotopic (exact) mass is 289 g/mol. The molecule has 4 nitrogen and oxygen atoms in total. The summed E-state index contributed by atoms with van der Waals surface area (Å²) in [7, 11) is 0. The number of rotatable bonds is 5. The summed E-state index contributed by atoms with van der Waals surface area (Å²) in [6, 6.07) is 9.43. The van der Waals surface area contributed by atoms with Crippen molar-refractivity contribution in [2.45, 2.75) is 19.3 Å². The third-order valence-corrected chi connectivity index (χ3v) is 4.52. The zero-order valence-electron chi connectivity index (χ0n) is 11.6. The Kier molecular flexibility index (Phi) is 3.99. The molecular formula is C15H19N3OS. The average molecular weight is 289 g/mol. The van der Waals surface area contributed by atoms with Crippen LogP contribution in [0.15, 0.2) is 35.7 Å². The maximum atomic E-state index is 11.3. The Hall–Kier alpha value is -2.01. The standard InChI is InChI=1S/C15H19N3OS/c1-15(2,12-7-4-8-20-12)9-18-11-6-3-5-10(13(11)16)14(17)19/h3-8,18H,9,16H2,1-2H3,(H2,17,19). The van der Waals surface area contributed by atoms with Gasteiger partial charge in [0.2, 0.25) is 0 Å². The molecule has 106 valence electrons. The van der Waals surface area contributed by atoms with Crippen molar-refractivity contribution in [3.05, 3.63) is 46.2 Å². The number of nitrogen functional groups attached to an aromatic ring is 1. The Morgan fingerprint density at radius 1 is 1.30 bits per heavy atom. The van der Waals surface area contributed by atoms with Crippen LogP contribution in [0.2, 0.25) is 0 Å². The highest BCUT2D eigenvalue weighted by Crippen LogP contribution is 2.29. The normalized spacial score (nSPS) is 11.3. The van der Waals surface area contributed by atoms with Crippen molar-refractivity contribution in [3.8, 4) is 0 Å². The first-order valence-electron chi connectivity index (χ1n) is 6.38. The number of carbonyl (C=O) groups excluding carboxylic acids is 1. The van der Waals surface area contributed by atoms with Crippen molar-refractivity contribution < 1.29 is 4.79 Å². The molecule has 1 aromatic carbocycles. The van der Waals surface area contributed by atoms with E-state index < -0.39 is 5.91 Å². The number of amides is 1. The Morgan fingerprint density at radius 2 is 2.05 bits per heavy atom. The highest BCUT2D eigenvalue weighted by atomic mass is 32.1. The van der Waals surface area contributed by atoms with E-state index in [0.29, 0.717) is 11.3 Å². The summed E-state index contributed by atoms with van der Waals surface area (Å²) in [5.41, 5.74) is 12.8. The van der Waals surface area contributed by atoms with Gasteiger partial charge in [-0.1, -0.05) is 26.0 Å². The second-order valence-electron chi connectivity index (χ2n) is 5.35. The van der Waals surface area contributed by atoms with Crippen LogP contribution in [0.5, 0.6) is 0 Å². The van der Waals surface area contributed by atoms with Gasteiger partial charge in [0, 0.05) is 16.8 Å². The molecule has 1 aromatic heterocycles. The van der Waals surface area contributed by atoms with Gasteiger partial charge in [-0.05, 0) is 23.6 Å². The lowest BCUT2D eigenvalue weighted by Gasteiger charge is -2.25. The van der Waals surface area contributed by atoms with Crippen LogP contribution in [-0.4, -0.2) is 12.5 Å². The van der Waals surface area contributed by atoms with Crippen LogP contribution in [0.4, 0.5) is 11.4 Å². The smallest absolute Gasteiger partial charge is 0.250 e. The van der Waals surface area contributed by atoms with Crippen LogP contribution in [0.25, 0.3) is 0 Å².